The molecule has 3 aromatic carbocycles. The van der Waals surface area contributed by atoms with Gasteiger partial charge in [-0.1, -0.05) is 65.8 Å². The van der Waals surface area contributed by atoms with E-state index in [-0.39, 0.29) is 5.91 Å². The molecule has 0 aromatic heterocycles. The lowest BCUT2D eigenvalue weighted by Crippen LogP contribution is -2.28. The molecule has 25 heavy (non-hydrogen) atoms. The van der Waals surface area contributed by atoms with Crippen LogP contribution >= 0.6 is 23.4 Å². The number of para-hydroxylation sites is 1. The minimum absolute atomic E-state index is 0.0834. The zero-order valence-corrected chi connectivity index (χ0v) is 15.1. The fourth-order valence-electron chi connectivity index (χ4n) is 3.00. The Labute approximate surface area is 156 Å². The highest BCUT2D eigenvalue weighted by Crippen LogP contribution is 2.48. The van der Waals surface area contributed by atoms with E-state index in [1.165, 1.54) is 5.56 Å². The average molecular weight is 366 g/mol. The maximum absolute atomic E-state index is 13.1. The predicted octanol–water partition coefficient (Wildman–Crippen LogP) is 6.10. The lowest BCUT2D eigenvalue weighted by molar-refractivity contribution is -0.117. The number of anilines is 2. The van der Waals surface area contributed by atoms with Crippen LogP contribution in [0.4, 0.5) is 11.4 Å². The van der Waals surface area contributed by atoms with Gasteiger partial charge >= 0.3 is 0 Å². The van der Waals surface area contributed by atoms with Crippen LogP contribution < -0.4 is 4.90 Å². The van der Waals surface area contributed by atoms with Crippen molar-refractivity contribution in [2.24, 2.45) is 0 Å². The molecule has 4 rings (SSSR count). The van der Waals surface area contributed by atoms with Gasteiger partial charge in [-0.15, -0.1) is 0 Å². The summed E-state index contributed by atoms with van der Waals surface area (Å²) in [5, 5.41) is 0.639. The largest absolute Gasteiger partial charge is 0.279 e. The molecule has 0 fully saturated rings. The van der Waals surface area contributed by atoms with E-state index in [0.29, 0.717) is 11.4 Å². The van der Waals surface area contributed by atoms with Gasteiger partial charge in [0.2, 0.25) is 5.91 Å². The van der Waals surface area contributed by atoms with E-state index in [0.717, 1.165) is 27.6 Å². The fraction of sp³-hybridized carbons (Fsp3) is 0.0952. The number of fused-ring (bicyclic) bond motifs is 2. The number of amides is 1. The van der Waals surface area contributed by atoms with E-state index in [1.807, 2.05) is 59.5 Å². The van der Waals surface area contributed by atoms with Crippen LogP contribution in [-0.2, 0) is 11.2 Å². The molecule has 0 aliphatic carbocycles. The Morgan fingerprint density at radius 3 is 2.44 bits per heavy atom. The van der Waals surface area contributed by atoms with Gasteiger partial charge in [0.1, 0.15) is 0 Å². The number of hydrogen-bond donors (Lipinski definition) is 0. The first kappa shape index (κ1) is 16.2. The molecule has 0 saturated heterocycles. The second-order valence-corrected chi connectivity index (χ2v) is 7.42. The molecule has 2 nitrogen and oxygen atoms in total. The topological polar surface area (TPSA) is 20.3 Å². The Bertz CT molecular complexity index is 926. The Hall–Kier alpha value is -2.23. The molecule has 1 heterocycles. The van der Waals surface area contributed by atoms with Crippen LogP contribution in [0.25, 0.3) is 0 Å². The summed E-state index contributed by atoms with van der Waals surface area (Å²) in [7, 11) is 0. The molecule has 0 N–H and O–H groups in total. The van der Waals surface area contributed by atoms with Crippen molar-refractivity contribution < 1.29 is 4.79 Å². The highest BCUT2D eigenvalue weighted by Gasteiger charge is 2.27. The number of halogens is 1. The highest BCUT2D eigenvalue weighted by atomic mass is 35.5. The molecule has 0 atom stereocenters. The highest BCUT2D eigenvalue weighted by molar-refractivity contribution is 7.99. The summed E-state index contributed by atoms with van der Waals surface area (Å²) in [6, 6.07) is 23.8. The molecular formula is C21H16ClNOS. The van der Waals surface area contributed by atoms with Gasteiger partial charge in [0.05, 0.1) is 11.4 Å². The zero-order chi connectivity index (χ0) is 17.2. The van der Waals surface area contributed by atoms with Gasteiger partial charge in [0.15, 0.2) is 0 Å². The van der Waals surface area contributed by atoms with Gasteiger partial charge in [0, 0.05) is 21.2 Å². The monoisotopic (exact) mass is 365 g/mol. The molecule has 0 unspecified atom stereocenters. The summed E-state index contributed by atoms with van der Waals surface area (Å²) in [5.74, 6) is 0.0834. The number of benzene rings is 3. The predicted molar refractivity (Wildman–Crippen MR) is 104 cm³/mol. The Balaban J connectivity index is 1.68. The SMILES string of the molecule is O=C(CCc1ccccc1)N1c2ccccc2Sc2ccc(Cl)cc21. The van der Waals surface area contributed by atoms with Gasteiger partial charge in [-0.05, 0) is 42.3 Å². The summed E-state index contributed by atoms with van der Waals surface area (Å²) >= 11 is 7.87. The number of carbonyl (C=O) groups excluding carboxylic acids is 1. The third-order valence-electron chi connectivity index (χ3n) is 4.21. The van der Waals surface area contributed by atoms with E-state index in [2.05, 4.69) is 18.2 Å². The standard InChI is InChI=1S/C21H16ClNOS/c22-16-11-12-20-18(14-16)23(17-8-4-5-9-19(17)25-20)21(24)13-10-15-6-2-1-3-7-15/h1-9,11-12,14H,10,13H2. The van der Waals surface area contributed by atoms with E-state index < -0.39 is 0 Å². The normalized spacial score (nSPS) is 12.4. The lowest BCUT2D eigenvalue weighted by atomic mass is 10.1. The van der Waals surface area contributed by atoms with Crippen molar-refractivity contribution in [2.45, 2.75) is 22.6 Å². The molecule has 4 heteroatoms. The number of aryl methyl sites for hydroxylation is 1. The Morgan fingerprint density at radius 2 is 1.60 bits per heavy atom. The molecule has 0 saturated carbocycles. The summed E-state index contributed by atoms with van der Waals surface area (Å²) in [6.45, 7) is 0. The van der Waals surface area contributed by atoms with Gasteiger partial charge in [-0.3, -0.25) is 9.69 Å². The molecule has 1 aliphatic rings. The Kier molecular flexibility index (Phi) is 4.51. The van der Waals surface area contributed by atoms with Gasteiger partial charge in [-0.25, -0.2) is 0 Å². The van der Waals surface area contributed by atoms with Crippen molar-refractivity contribution in [1.29, 1.82) is 0 Å². The molecule has 124 valence electrons. The quantitative estimate of drug-likeness (QED) is 0.558. The number of rotatable bonds is 3. The van der Waals surface area contributed by atoms with Gasteiger partial charge in [0.25, 0.3) is 0 Å². The number of carbonyl (C=O) groups is 1. The molecule has 3 aromatic rings. The molecule has 0 bridgehead atoms. The van der Waals surface area contributed by atoms with Crippen molar-refractivity contribution in [1.82, 2.24) is 0 Å². The lowest BCUT2D eigenvalue weighted by Gasteiger charge is -2.31. The van der Waals surface area contributed by atoms with Crippen LogP contribution in [0.2, 0.25) is 5.02 Å². The number of hydrogen-bond acceptors (Lipinski definition) is 2. The van der Waals surface area contributed by atoms with E-state index >= 15 is 0 Å². The van der Waals surface area contributed by atoms with Crippen LogP contribution in [0.3, 0.4) is 0 Å². The molecule has 1 amide bonds. The van der Waals surface area contributed by atoms with Crippen LogP contribution in [0.15, 0.2) is 82.6 Å². The second-order valence-electron chi connectivity index (χ2n) is 5.90. The van der Waals surface area contributed by atoms with E-state index in [4.69, 9.17) is 11.6 Å². The Morgan fingerprint density at radius 1 is 0.880 bits per heavy atom. The van der Waals surface area contributed by atoms with Crippen molar-refractivity contribution >= 4 is 40.6 Å². The minimum atomic E-state index is 0.0834. The summed E-state index contributed by atoms with van der Waals surface area (Å²) in [5.41, 5.74) is 2.97. The van der Waals surface area contributed by atoms with Crippen LogP contribution in [0, 0.1) is 0 Å². The van der Waals surface area contributed by atoms with Crippen molar-refractivity contribution in [3.8, 4) is 0 Å². The van der Waals surface area contributed by atoms with Crippen LogP contribution in [0.5, 0.6) is 0 Å². The third kappa shape index (κ3) is 3.30. The maximum atomic E-state index is 13.1. The first-order valence-electron chi connectivity index (χ1n) is 8.16. The summed E-state index contributed by atoms with van der Waals surface area (Å²) in [4.78, 5) is 17.0. The van der Waals surface area contributed by atoms with Crippen molar-refractivity contribution in [3.05, 3.63) is 83.4 Å². The zero-order valence-electron chi connectivity index (χ0n) is 13.5. The first-order chi connectivity index (χ1) is 12.2. The second kappa shape index (κ2) is 6.95. The van der Waals surface area contributed by atoms with Crippen molar-refractivity contribution in [3.63, 3.8) is 0 Å². The minimum Gasteiger partial charge on any atom is -0.279 e. The van der Waals surface area contributed by atoms with E-state index in [1.54, 1.807) is 11.8 Å². The summed E-state index contributed by atoms with van der Waals surface area (Å²) in [6.07, 6.45) is 1.18. The van der Waals surface area contributed by atoms with Gasteiger partial charge < -0.3 is 0 Å². The molecular weight excluding hydrogens is 350 g/mol. The van der Waals surface area contributed by atoms with Crippen LogP contribution in [0.1, 0.15) is 12.0 Å². The van der Waals surface area contributed by atoms with Gasteiger partial charge in [-0.2, -0.15) is 0 Å². The first-order valence-corrected chi connectivity index (χ1v) is 9.35. The third-order valence-corrected chi connectivity index (χ3v) is 5.57. The van der Waals surface area contributed by atoms with Crippen molar-refractivity contribution in [2.75, 3.05) is 4.90 Å². The number of nitrogens with zero attached hydrogens (tertiary/aromatic N) is 1. The van der Waals surface area contributed by atoms with E-state index in [9.17, 15) is 4.79 Å². The molecule has 0 radical (unpaired) electrons. The fourth-order valence-corrected chi connectivity index (χ4v) is 4.21. The smallest absolute Gasteiger partial charge is 0.231 e. The summed E-state index contributed by atoms with van der Waals surface area (Å²) < 4.78 is 0. The molecule has 0 spiro atoms. The molecule has 1 aliphatic heterocycles. The van der Waals surface area contributed by atoms with Crippen LogP contribution in [-0.4, -0.2) is 5.91 Å². The average Bonchev–Trinajstić information content (AvgIpc) is 2.65. The maximum Gasteiger partial charge on any atom is 0.231 e.